The lowest BCUT2D eigenvalue weighted by atomic mass is 10.0. The summed E-state index contributed by atoms with van der Waals surface area (Å²) in [6.45, 7) is 12.2. The number of nitrogens with two attached hydrogens (primary N) is 1. The van der Waals surface area contributed by atoms with Crippen molar-refractivity contribution in [2.45, 2.75) is 77.7 Å². The molecule has 9 nitrogen and oxygen atoms in total. The number of carbonyl (C=O) groups is 3. The lowest BCUT2D eigenvalue weighted by Gasteiger charge is -2.24. The van der Waals surface area contributed by atoms with Crippen molar-refractivity contribution in [2.75, 3.05) is 19.6 Å². The molecule has 2 atom stereocenters. The lowest BCUT2D eigenvalue weighted by Crippen LogP contribution is -2.40. The number of hydrogen-bond acceptors (Lipinski definition) is 6. The normalized spacial score (nSPS) is 17.3. The van der Waals surface area contributed by atoms with E-state index in [0.717, 1.165) is 5.56 Å². The van der Waals surface area contributed by atoms with Gasteiger partial charge in [0.2, 0.25) is 0 Å². The number of nitrogens with zero attached hydrogens (tertiary/aromatic N) is 1. The number of carbonyl (C=O) groups excluding carboxylic acids is 3. The molecule has 1 fully saturated rings. The third kappa shape index (κ3) is 9.29. The van der Waals surface area contributed by atoms with Crippen molar-refractivity contribution in [2.24, 2.45) is 5.73 Å². The van der Waals surface area contributed by atoms with Gasteiger partial charge in [-0.15, -0.1) is 0 Å². The number of amides is 3. The average molecular weight is 463 g/mol. The number of ether oxygens (including phenoxy) is 2. The molecule has 0 spiro atoms. The third-order valence-electron chi connectivity index (χ3n) is 4.88. The second-order valence-corrected chi connectivity index (χ2v) is 10.3. The predicted octanol–water partition coefficient (Wildman–Crippen LogP) is 3.34. The fourth-order valence-electron chi connectivity index (χ4n) is 3.36. The molecule has 1 aromatic carbocycles. The average Bonchev–Trinajstić information content (AvgIpc) is 3.14. The van der Waals surface area contributed by atoms with E-state index in [1.54, 1.807) is 43.9 Å². The van der Waals surface area contributed by atoms with Crippen LogP contribution in [-0.2, 0) is 9.47 Å². The summed E-state index contributed by atoms with van der Waals surface area (Å²) >= 11 is 0. The minimum atomic E-state index is -0.558. The maximum Gasteiger partial charge on any atom is 0.410 e. The first kappa shape index (κ1) is 26.4. The lowest BCUT2D eigenvalue weighted by molar-refractivity contribution is 0.0289. The SMILES string of the molecule is CC(C)(C)OC(=O)NCC[C@@H](N)c1cccc(C(=O)N[C@H]2CCN(C(=O)OC(C)(C)C)C2)c1. The minimum absolute atomic E-state index is 0.139. The van der Waals surface area contributed by atoms with Crippen molar-refractivity contribution in [1.29, 1.82) is 0 Å². The van der Waals surface area contributed by atoms with E-state index in [0.29, 0.717) is 38.0 Å². The Bertz CT molecular complexity index is 844. The molecule has 4 N–H and O–H groups in total. The highest BCUT2D eigenvalue weighted by atomic mass is 16.6. The van der Waals surface area contributed by atoms with Gasteiger partial charge in [0, 0.05) is 37.3 Å². The fraction of sp³-hybridized carbons (Fsp3) is 0.625. The summed E-state index contributed by atoms with van der Waals surface area (Å²) in [4.78, 5) is 38.3. The van der Waals surface area contributed by atoms with Crippen molar-refractivity contribution in [3.63, 3.8) is 0 Å². The van der Waals surface area contributed by atoms with Crippen LogP contribution in [0.25, 0.3) is 0 Å². The molecule has 1 heterocycles. The van der Waals surface area contributed by atoms with Crippen molar-refractivity contribution in [3.05, 3.63) is 35.4 Å². The van der Waals surface area contributed by atoms with Crippen LogP contribution in [0.5, 0.6) is 0 Å². The van der Waals surface area contributed by atoms with Crippen molar-refractivity contribution >= 4 is 18.1 Å². The Hall–Kier alpha value is -2.81. The summed E-state index contributed by atoms with van der Waals surface area (Å²) in [6, 6.07) is 6.64. The van der Waals surface area contributed by atoms with E-state index < -0.39 is 17.3 Å². The summed E-state index contributed by atoms with van der Waals surface area (Å²) in [5.41, 5.74) is 6.45. The first-order valence-corrected chi connectivity index (χ1v) is 11.3. The number of likely N-dealkylation sites (tertiary alicyclic amines) is 1. The van der Waals surface area contributed by atoms with E-state index in [1.165, 1.54) is 0 Å². The Kier molecular flexibility index (Phi) is 8.71. The Morgan fingerprint density at radius 2 is 1.79 bits per heavy atom. The second-order valence-electron chi connectivity index (χ2n) is 10.3. The summed E-state index contributed by atoms with van der Waals surface area (Å²) in [5, 5.41) is 5.68. The van der Waals surface area contributed by atoms with Crippen LogP contribution in [0.15, 0.2) is 24.3 Å². The maximum absolute atomic E-state index is 12.8. The van der Waals surface area contributed by atoms with E-state index >= 15 is 0 Å². The third-order valence-corrected chi connectivity index (χ3v) is 4.88. The molecule has 0 aliphatic carbocycles. The molecule has 1 aromatic rings. The number of benzene rings is 1. The molecule has 0 bridgehead atoms. The molecule has 1 saturated heterocycles. The van der Waals surface area contributed by atoms with Crippen LogP contribution in [0, 0.1) is 0 Å². The molecule has 1 aliphatic rings. The molecule has 0 radical (unpaired) electrons. The van der Waals surface area contributed by atoms with Crippen LogP contribution < -0.4 is 16.4 Å². The molecule has 9 heteroatoms. The van der Waals surface area contributed by atoms with Gasteiger partial charge in [-0.1, -0.05) is 12.1 Å². The molecule has 2 rings (SSSR count). The van der Waals surface area contributed by atoms with Gasteiger partial charge in [0.25, 0.3) is 5.91 Å². The molecule has 1 aliphatic heterocycles. The minimum Gasteiger partial charge on any atom is -0.444 e. The Morgan fingerprint density at radius 1 is 1.12 bits per heavy atom. The molecular weight excluding hydrogens is 424 g/mol. The first-order chi connectivity index (χ1) is 15.2. The molecule has 0 unspecified atom stereocenters. The Morgan fingerprint density at radius 3 is 2.42 bits per heavy atom. The van der Waals surface area contributed by atoms with E-state index in [4.69, 9.17) is 15.2 Å². The van der Waals surface area contributed by atoms with E-state index in [-0.39, 0.29) is 24.1 Å². The van der Waals surface area contributed by atoms with Gasteiger partial charge in [-0.25, -0.2) is 9.59 Å². The number of rotatable bonds is 6. The molecule has 184 valence electrons. The second kappa shape index (κ2) is 10.9. The van der Waals surface area contributed by atoms with Gasteiger partial charge in [0.1, 0.15) is 11.2 Å². The highest BCUT2D eigenvalue weighted by Crippen LogP contribution is 2.18. The Balaban J connectivity index is 1.85. The molecule has 0 saturated carbocycles. The van der Waals surface area contributed by atoms with Gasteiger partial charge in [0.05, 0.1) is 0 Å². The number of alkyl carbamates (subject to hydrolysis) is 1. The maximum atomic E-state index is 12.8. The monoisotopic (exact) mass is 462 g/mol. The van der Waals surface area contributed by atoms with Crippen LogP contribution in [-0.4, -0.2) is 59.9 Å². The zero-order chi connectivity index (χ0) is 24.8. The zero-order valence-electron chi connectivity index (χ0n) is 20.6. The van der Waals surface area contributed by atoms with E-state index in [2.05, 4.69) is 10.6 Å². The number of nitrogens with one attached hydrogen (secondary N) is 2. The predicted molar refractivity (Wildman–Crippen MR) is 126 cm³/mol. The largest absolute Gasteiger partial charge is 0.444 e. The summed E-state index contributed by atoms with van der Waals surface area (Å²) in [6.07, 6.45) is 0.310. The fourth-order valence-corrected chi connectivity index (χ4v) is 3.36. The van der Waals surface area contributed by atoms with Crippen LogP contribution in [0.2, 0.25) is 0 Å². The van der Waals surface area contributed by atoms with Gasteiger partial charge in [-0.3, -0.25) is 4.79 Å². The van der Waals surface area contributed by atoms with Gasteiger partial charge in [-0.2, -0.15) is 0 Å². The van der Waals surface area contributed by atoms with Crippen LogP contribution in [0.3, 0.4) is 0 Å². The zero-order valence-corrected chi connectivity index (χ0v) is 20.6. The first-order valence-electron chi connectivity index (χ1n) is 11.3. The van der Waals surface area contributed by atoms with Crippen molar-refractivity contribution in [1.82, 2.24) is 15.5 Å². The quantitative estimate of drug-likeness (QED) is 0.596. The van der Waals surface area contributed by atoms with E-state index in [1.807, 2.05) is 26.8 Å². The summed E-state index contributed by atoms with van der Waals surface area (Å²) in [5.74, 6) is -0.216. The van der Waals surface area contributed by atoms with Crippen LogP contribution >= 0.6 is 0 Å². The topological polar surface area (TPSA) is 123 Å². The number of hydrogen-bond donors (Lipinski definition) is 3. The van der Waals surface area contributed by atoms with Gasteiger partial charge >= 0.3 is 12.2 Å². The summed E-state index contributed by atoms with van der Waals surface area (Å²) in [7, 11) is 0. The highest BCUT2D eigenvalue weighted by Gasteiger charge is 2.30. The van der Waals surface area contributed by atoms with Crippen molar-refractivity contribution in [3.8, 4) is 0 Å². The highest BCUT2D eigenvalue weighted by molar-refractivity contribution is 5.94. The molecule has 33 heavy (non-hydrogen) atoms. The van der Waals surface area contributed by atoms with Crippen LogP contribution in [0.1, 0.15) is 76.3 Å². The Labute approximate surface area is 196 Å². The standard InChI is InChI=1S/C24H38N4O5/c1-23(2,3)32-21(30)26-12-10-19(25)16-8-7-9-17(14-16)20(29)27-18-11-13-28(15-18)22(31)33-24(4,5)6/h7-9,14,18-19H,10-13,15,25H2,1-6H3,(H,26,30)(H,27,29)/t18-,19+/m0/s1. The van der Waals surface area contributed by atoms with Gasteiger partial charge in [0.15, 0.2) is 0 Å². The molecular formula is C24H38N4O5. The molecule has 0 aromatic heterocycles. The van der Waals surface area contributed by atoms with E-state index in [9.17, 15) is 14.4 Å². The van der Waals surface area contributed by atoms with Gasteiger partial charge < -0.3 is 30.7 Å². The molecule has 3 amide bonds. The summed E-state index contributed by atoms with van der Waals surface area (Å²) < 4.78 is 10.6. The van der Waals surface area contributed by atoms with Gasteiger partial charge in [-0.05, 0) is 72.1 Å². The van der Waals surface area contributed by atoms with Crippen LogP contribution in [0.4, 0.5) is 9.59 Å². The van der Waals surface area contributed by atoms with Crippen molar-refractivity contribution < 1.29 is 23.9 Å². The smallest absolute Gasteiger partial charge is 0.410 e.